The van der Waals surface area contributed by atoms with Crippen molar-refractivity contribution in [1.29, 1.82) is 0 Å². The van der Waals surface area contributed by atoms with Crippen molar-refractivity contribution in [2.75, 3.05) is 13.1 Å². The third kappa shape index (κ3) is 4.64. The molecular formula is C21H29N3O4. The highest BCUT2D eigenvalue weighted by Crippen LogP contribution is 2.28. The van der Waals surface area contributed by atoms with E-state index < -0.39 is 11.6 Å². The molecule has 1 atom stereocenters. The van der Waals surface area contributed by atoms with Gasteiger partial charge in [-0.3, -0.25) is 9.59 Å². The van der Waals surface area contributed by atoms with Gasteiger partial charge in [-0.2, -0.15) is 0 Å². The van der Waals surface area contributed by atoms with E-state index in [1.54, 1.807) is 17.2 Å². The van der Waals surface area contributed by atoms with E-state index in [1.165, 1.54) is 4.57 Å². The number of aromatic nitrogens is 1. The fourth-order valence-electron chi connectivity index (χ4n) is 3.77. The summed E-state index contributed by atoms with van der Waals surface area (Å²) in [5.41, 5.74) is 0.990. The molecule has 3 rings (SSSR count). The lowest BCUT2D eigenvalue weighted by molar-refractivity contribution is -0.124. The van der Waals surface area contributed by atoms with Crippen molar-refractivity contribution in [2.24, 2.45) is 0 Å². The summed E-state index contributed by atoms with van der Waals surface area (Å²) in [6, 6.07) is 3.07. The van der Waals surface area contributed by atoms with Crippen LogP contribution in [0.25, 0.3) is 0 Å². The fraction of sp³-hybridized carbons (Fsp3) is 0.571. The molecule has 0 spiro atoms. The van der Waals surface area contributed by atoms with Crippen molar-refractivity contribution in [3.63, 3.8) is 0 Å². The van der Waals surface area contributed by atoms with E-state index in [9.17, 15) is 14.4 Å². The number of carbonyl (C=O) groups excluding carboxylic acids is 2. The van der Waals surface area contributed by atoms with Gasteiger partial charge < -0.3 is 19.5 Å². The predicted octanol–water partition coefficient (Wildman–Crippen LogP) is 2.93. The number of pyridine rings is 1. The maximum Gasteiger partial charge on any atom is 0.410 e. The van der Waals surface area contributed by atoms with Gasteiger partial charge in [0.2, 0.25) is 5.91 Å². The minimum absolute atomic E-state index is 0.167. The normalized spacial score (nSPS) is 21.4. The maximum absolute atomic E-state index is 12.6. The molecule has 1 aromatic heterocycles. The van der Waals surface area contributed by atoms with Gasteiger partial charge in [0.1, 0.15) is 11.6 Å². The molecule has 2 aliphatic rings. The standard InChI is InChI=1S/C21H29N3O4/c1-14-5-6-17(19(26)22-14)24-12-9-16(13-18(24)25)15-7-10-23(11-8-15)20(27)28-21(2,3)4/h9,12-13,15,17H,1,5-8,10-11H2,2-4H3,(H,22,26). The molecule has 0 radical (unpaired) electrons. The van der Waals surface area contributed by atoms with E-state index in [4.69, 9.17) is 4.74 Å². The Hall–Kier alpha value is -2.57. The largest absolute Gasteiger partial charge is 0.444 e. The van der Waals surface area contributed by atoms with E-state index in [0.29, 0.717) is 31.6 Å². The van der Waals surface area contributed by atoms with Crippen LogP contribution in [-0.2, 0) is 9.53 Å². The Morgan fingerprint density at radius 2 is 1.89 bits per heavy atom. The minimum atomic E-state index is -0.504. The Labute approximate surface area is 165 Å². The first-order chi connectivity index (χ1) is 13.1. The van der Waals surface area contributed by atoms with Gasteiger partial charge in [-0.25, -0.2) is 4.79 Å². The van der Waals surface area contributed by atoms with Crippen LogP contribution in [0.5, 0.6) is 0 Å². The van der Waals surface area contributed by atoms with Gasteiger partial charge in [0, 0.05) is 31.0 Å². The van der Waals surface area contributed by atoms with Crippen molar-refractivity contribution in [3.05, 3.63) is 46.5 Å². The monoisotopic (exact) mass is 387 g/mol. The Morgan fingerprint density at radius 1 is 1.21 bits per heavy atom. The van der Waals surface area contributed by atoms with Gasteiger partial charge in [0.15, 0.2) is 0 Å². The molecule has 1 N–H and O–H groups in total. The highest BCUT2D eigenvalue weighted by molar-refractivity contribution is 5.82. The third-order valence-electron chi connectivity index (χ3n) is 5.25. The van der Waals surface area contributed by atoms with E-state index >= 15 is 0 Å². The van der Waals surface area contributed by atoms with Gasteiger partial charge in [-0.1, -0.05) is 6.58 Å². The highest BCUT2D eigenvalue weighted by atomic mass is 16.6. The molecule has 0 aliphatic carbocycles. The van der Waals surface area contributed by atoms with Crippen LogP contribution in [0.2, 0.25) is 0 Å². The Morgan fingerprint density at radius 3 is 2.46 bits per heavy atom. The molecule has 1 unspecified atom stereocenters. The number of allylic oxidation sites excluding steroid dienone is 1. The molecule has 7 nitrogen and oxygen atoms in total. The summed E-state index contributed by atoms with van der Waals surface area (Å²) >= 11 is 0. The minimum Gasteiger partial charge on any atom is -0.444 e. The van der Waals surface area contributed by atoms with Crippen LogP contribution in [0.4, 0.5) is 4.79 Å². The quantitative estimate of drug-likeness (QED) is 0.846. The average Bonchev–Trinajstić information content (AvgIpc) is 2.61. The van der Waals surface area contributed by atoms with Gasteiger partial charge >= 0.3 is 6.09 Å². The Bertz CT molecular complexity index is 829. The molecule has 2 fully saturated rings. The number of ether oxygens (including phenoxy) is 1. The van der Waals surface area contributed by atoms with Crippen LogP contribution in [-0.4, -0.2) is 40.2 Å². The lowest BCUT2D eigenvalue weighted by Crippen LogP contribution is -2.41. The summed E-state index contributed by atoms with van der Waals surface area (Å²) in [6.07, 6.45) is 4.26. The molecule has 28 heavy (non-hydrogen) atoms. The van der Waals surface area contributed by atoms with Gasteiger partial charge in [-0.15, -0.1) is 0 Å². The number of likely N-dealkylation sites (tertiary alicyclic amines) is 1. The molecule has 0 bridgehead atoms. The van der Waals surface area contributed by atoms with Crippen molar-refractivity contribution < 1.29 is 14.3 Å². The van der Waals surface area contributed by atoms with E-state index in [1.807, 2.05) is 26.8 Å². The fourth-order valence-corrected chi connectivity index (χ4v) is 3.77. The zero-order chi connectivity index (χ0) is 20.5. The zero-order valence-electron chi connectivity index (χ0n) is 16.9. The zero-order valence-corrected chi connectivity index (χ0v) is 16.9. The molecule has 2 amide bonds. The molecule has 152 valence electrons. The summed E-state index contributed by atoms with van der Waals surface area (Å²) in [5, 5.41) is 2.72. The number of nitrogens with zero attached hydrogens (tertiary/aromatic N) is 2. The predicted molar refractivity (Wildman–Crippen MR) is 106 cm³/mol. The number of hydrogen-bond acceptors (Lipinski definition) is 4. The Kier molecular flexibility index (Phi) is 5.63. The lowest BCUT2D eigenvalue weighted by atomic mass is 9.90. The SMILES string of the molecule is C=C1CCC(n2ccc(C3CCN(C(=O)OC(C)(C)C)CC3)cc2=O)C(=O)N1. The highest BCUT2D eigenvalue weighted by Gasteiger charge is 2.29. The maximum atomic E-state index is 12.6. The third-order valence-corrected chi connectivity index (χ3v) is 5.25. The first-order valence-electron chi connectivity index (χ1n) is 9.83. The van der Waals surface area contributed by atoms with E-state index in [2.05, 4.69) is 11.9 Å². The van der Waals surface area contributed by atoms with Crippen LogP contribution in [0, 0.1) is 0 Å². The first kappa shape index (κ1) is 20.2. The second-order valence-corrected chi connectivity index (χ2v) is 8.59. The van der Waals surface area contributed by atoms with Crippen LogP contribution < -0.4 is 10.9 Å². The Balaban J connectivity index is 1.64. The van der Waals surface area contributed by atoms with Crippen LogP contribution in [0.1, 0.15) is 64.0 Å². The van der Waals surface area contributed by atoms with Crippen molar-refractivity contribution in [2.45, 2.75) is 64.0 Å². The number of hydrogen-bond donors (Lipinski definition) is 1. The van der Waals surface area contributed by atoms with E-state index in [-0.39, 0.29) is 23.5 Å². The molecule has 2 aliphatic heterocycles. The molecule has 2 saturated heterocycles. The van der Waals surface area contributed by atoms with Crippen LogP contribution >= 0.6 is 0 Å². The average molecular weight is 387 g/mol. The number of piperidine rings is 2. The number of carbonyl (C=O) groups is 2. The summed E-state index contributed by atoms with van der Waals surface area (Å²) in [4.78, 5) is 38.7. The lowest BCUT2D eigenvalue weighted by Gasteiger charge is -2.33. The molecular weight excluding hydrogens is 358 g/mol. The molecule has 0 aromatic carbocycles. The van der Waals surface area contributed by atoms with Crippen LogP contribution in [0.15, 0.2) is 35.4 Å². The second-order valence-electron chi connectivity index (χ2n) is 8.59. The molecule has 3 heterocycles. The summed E-state index contributed by atoms with van der Waals surface area (Å²) in [5.74, 6) is 0.0396. The van der Waals surface area contributed by atoms with Gasteiger partial charge in [0.05, 0.1) is 0 Å². The molecule has 0 saturated carbocycles. The number of nitrogens with one attached hydrogen (secondary N) is 1. The smallest absolute Gasteiger partial charge is 0.410 e. The number of rotatable bonds is 2. The summed E-state index contributed by atoms with van der Waals surface area (Å²) < 4.78 is 6.93. The van der Waals surface area contributed by atoms with Crippen LogP contribution in [0.3, 0.4) is 0 Å². The molecule has 1 aromatic rings. The van der Waals surface area contributed by atoms with E-state index in [0.717, 1.165) is 18.4 Å². The summed E-state index contributed by atoms with van der Waals surface area (Å²) in [7, 11) is 0. The topological polar surface area (TPSA) is 80.6 Å². The van der Waals surface area contributed by atoms with Crippen molar-refractivity contribution >= 4 is 12.0 Å². The van der Waals surface area contributed by atoms with Crippen molar-refractivity contribution in [3.8, 4) is 0 Å². The van der Waals surface area contributed by atoms with Crippen molar-refractivity contribution in [1.82, 2.24) is 14.8 Å². The van der Waals surface area contributed by atoms with Gasteiger partial charge in [-0.05, 0) is 64.0 Å². The molecule has 7 heteroatoms. The second kappa shape index (κ2) is 7.81. The summed E-state index contributed by atoms with van der Waals surface area (Å²) in [6.45, 7) is 10.6. The number of amides is 2. The first-order valence-corrected chi connectivity index (χ1v) is 9.83. The van der Waals surface area contributed by atoms with Gasteiger partial charge in [0.25, 0.3) is 5.56 Å².